The number of aromatic nitrogens is 1. The van der Waals surface area contributed by atoms with Crippen molar-refractivity contribution >= 4 is 26.8 Å². The molecule has 0 saturated carbocycles. The normalized spacial score (nSPS) is 13.4. The molecule has 14 heavy (non-hydrogen) atoms. The van der Waals surface area contributed by atoms with Crippen LogP contribution >= 0.6 is 15.9 Å². The zero-order valence-corrected chi connectivity index (χ0v) is 8.86. The Labute approximate surface area is 88.8 Å². The van der Waals surface area contributed by atoms with Crippen LogP contribution in [0.5, 0.6) is 0 Å². The molecule has 1 aromatic heterocycles. The summed E-state index contributed by atoms with van der Waals surface area (Å²) in [6, 6.07) is 5.07. The molecule has 5 heteroatoms. The first-order chi connectivity index (χ1) is 6.72. The summed E-state index contributed by atoms with van der Waals surface area (Å²) in [5.74, 6) is 0.523. The first kappa shape index (κ1) is 9.64. The maximum absolute atomic E-state index is 8.90. The Kier molecular flexibility index (Phi) is 2.54. The summed E-state index contributed by atoms with van der Waals surface area (Å²) in [4.78, 5) is 0. The van der Waals surface area contributed by atoms with Gasteiger partial charge in [-0.3, -0.25) is 0 Å². The van der Waals surface area contributed by atoms with Crippen LogP contribution in [0.15, 0.2) is 27.2 Å². The highest BCUT2D eigenvalue weighted by Gasteiger charge is 2.14. The average molecular weight is 257 g/mol. The van der Waals surface area contributed by atoms with Gasteiger partial charge < -0.3 is 15.4 Å². The molecule has 1 unspecified atom stereocenters. The van der Waals surface area contributed by atoms with Gasteiger partial charge in [0.1, 0.15) is 5.52 Å². The van der Waals surface area contributed by atoms with Crippen molar-refractivity contribution in [3.63, 3.8) is 0 Å². The Morgan fingerprint density at radius 1 is 1.57 bits per heavy atom. The van der Waals surface area contributed by atoms with Gasteiger partial charge in [0.05, 0.1) is 12.6 Å². The lowest BCUT2D eigenvalue weighted by atomic mass is 10.1. The van der Waals surface area contributed by atoms with E-state index >= 15 is 0 Å². The molecule has 4 nitrogen and oxygen atoms in total. The monoisotopic (exact) mass is 256 g/mol. The van der Waals surface area contributed by atoms with Crippen LogP contribution in [0.4, 0.5) is 0 Å². The van der Waals surface area contributed by atoms with Crippen LogP contribution in [0.1, 0.15) is 11.8 Å². The van der Waals surface area contributed by atoms with Crippen LogP contribution in [0.2, 0.25) is 0 Å². The lowest BCUT2D eigenvalue weighted by molar-refractivity contribution is 0.242. The first-order valence-corrected chi connectivity index (χ1v) is 4.93. The average Bonchev–Trinajstić information content (AvgIpc) is 2.59. The minimum atomic E-state index is -0.513. The van der Waals surface area contributed by atoms with Crippen molar-refractivity contribution in [3.05, 3.63) is 28.4 Å². The van der Waals surface area contributed by atoms with Crippen LogP contribution in [0, 0.1) is 0 Å². The van der Waals surface area contributed by atoms with E-state index in [0.29, 0.717) is 5.76 Å². The number of hydrogen-bond donors (Lipinski definition) is 2. The SMILES string of the molecule is NC(CO)c1onc2cc(Br)ccc12. The Balaban J connectivity index is 2.58. The third kappa shape index (κ3) is 1.54. The highest BCUT2D eigenvalue weighted by atomic mass is 79.9. The number of hydrogen-bond acceptors (Lipinski definition) is 4. The second-order valence-corrected chi connectivity index (χ2v) is 3.91. The number of nitrogens with zero attached hydrogens (tertiary/aromatic N) is 1. The molecule has 2 aromatic rings. The van der Waals surface area contributed by atoms with E-state index in [1.54, 1.807) is 0 Å². The fraction of sp³-hybridized carbons (Fsp3) is 0.222. The number of nitrogens with two attached hydrogens (primary N) is 1. The molecule has 1 atom stereocenters. The molecule has 74 valence electrons. The fourth-order valence-electron chi connectivity index (χ4n) is 1.29. The highest BCUT2D eigenvalue weighted by molar-refractivity contribution is 9.10. The van der Waals surface area contributed by atoms with Crippen molar-refractivity contribution in [1.82, 2.24) is 5.16 Å². The molecule has 2 rings (SSSR count). The molecule has 0 aliphatic carbocycles. The van der Waals surface area contributed by atoms with Crippen LogP contribution in [0.3, 0.4) is 0 Å². The smallest absolute Gasteiger partial charge is 0.163 e. The number of rotatable bonds is 2. The summed E-state index contributed by atoms with van der Waals surface area (Å²) in [6.07, 6.45) is 0. The highest BCUT2D eigenvalue weighted by Crippen LogP contribution is 2.25. The fourth-order valence-corrected chi connectivity index (χ4v) is 1.64. The van der Waals surface area contributed by atoms with E-state index in [1.165, 1.54) is 0 Å². The first-order valence-electron chi connectivity index (χ1n) is 4.13. The minimum Gasteiger partial charge on any atom is -0.394 e. The van der Waals surface area contributed by atoms with E-state index in [-0.39, 0.29) is 6.61 Å². The van der Waals surface area contributed by atoms with E-state index in [1.807, 2.05) is 18.2 Å². The third-order valence-corrected chi connectivity index (χ3v) is 2.49. The van der Waals surface area contributed by atoms with Gasteiger partial charge in [-0.25, -0.2) is 0 Å². The Hall–Kier alpha value is -0.910. The topological polar surface area (TPSA) is 72.3 Å². The molecule has 1 aromatic carbocycles. The summed E-state index contributed by atoms with van der Waals surface area (Å²) < 4.78 is 6.00. The molecule has 0 radical (unpaired) electrons. The van der Waals surface area contributed by atoms with Gasteiger partial charge >= 0.3 is 0 Å². The number of halogens is 1. The summed E-state index contributed by atoms with van der Waals surface area (Å²) in [5.41, 5.74) is 6.38. The quantitative estimate of drug-likeness (QED) is 0.856. The van der Waals surface area contributed by atoms with Gasteiger partial charge in [0.2, 0.25) is 0 Å². The predicted molar refractivity (Wildman–Crippen MR) is 55.7 cm³/mol. The molecule has 0 saturated heterocycles. The zero-order chi connectivity index (χ0) is 10.1. The lowest BCUT2D eigenvalue weighted by Gasteiger charge is -2.02. The van der Waals surface area contributed by atoms with E-state index in [9.17, 15) is 0 Å². The van der Waals surface area contributed by atoms with E-state index in [0.717, 1.165) is 15.4 Å². The number of aliphatic hydroxyl groups excluding tert-OH is 1. The summed E-state index contributed by atoms with van der Waals surface area (Å²) in [5, 5.41) is 13.6. The maximum Gasteiger partial charge on any atom is 0.163 e. The summed E-state index contributed by atoms with van der Waals surface area (Å²) in [7, 11) is 0. The van der Waals surface area contributed by atoms with Crippen LogP contribution in [-0.2, 0) is 0 Å². The van der Waals surface area contributed by atoms with Crippen molar-refractivity contribution < 1.29 is 9.63 Å². The lowest BCUT2D eigenvalue weighted by Crippen LogP contribution is -2.13. The minimum absolute atomic E-state index is 0.152. The van der Waals surface area contributed by atoms with E-state index in [4.69, 9.17) is 15.4 Å². The van der Waals surface area contributed by atoms with Gasteiger partial charge in [0.15, 0.2) is 5.76 Å². The van der Waals surface area contributed by atoms with Crippen molar-refractivity contribution in [2.75, 3.05) is 6.61 Å². The molecule has 0 aliphatic rings. The van der Waals surface area contributed by atoms with Crippen LogP contribution < -0.4 is 5.73 Å². The van der Waals surface area contributed by atoms with Crippen molar-refractivity contribution in [1.29, 1.82) is 0 Å². The van der Waals surface area contributed by atoms with Gasteiger partial charge in [-0.05, 0) is 18.2 Å². The molecule has 0 bridgehead atoms. The predicted octanol–water partition coefficient (Wildman–Crippen LogP) is 1.58. The second-order valence-electron chi connectivity index (χ2n) is 3.00. The maximum atomic E-state index is 8.90. The number of benzene rings is 1. The van der Waals surface area contributed by atoms with Gasteiger partial charge in [-0.15, -0.1) is 0 Å². The third-order valence-electron chi connectivity index (χ3n) is 2.00. The van der Waals surface area contributed by atoms with Gasteiger partial charge in [-0.1, -0.05) is 21.1 Å². The van der Waals surface area contributed by atoms with Crippen LogP contribution in [-0.4, -0.2) is 16.9 Å². The summed E-state index contributed by atoms with van der Waals surface area (Å²) in [6.45, 7) is -0.152. The Morgan fingerprint density at radius 3 is 3.07 bits per heavy atom. The van der Waals surface area contributed by atoms with Gasteiger partial charge in [0, 0.05) is 9.86 Å². The number of fused-ring (bicyclic) bond motifs is 1. The molecule has 3 N–H and O–H groups in total. The molecule has 1 heterocycles. The Bertz CT molecular complexity index is 455. The van der Waals surface area contributed by atoms with Crippen LogP contribution in [0.25, 0.3) is 10.9 Å². The van der Waals surface area contributed by atoms with E-state index in [2.05, 4.69) is 21.1 Å². The zero-order valence-electron chi connectivity index (χ0n) is 7.27. The molecule has 0 amide bonds. The van der Waals surface area contributed by atoms with Crippen molar-refractivity contribution in [3.8, 4) is 0 Å². The Morgan fingerprint density at radius 2 is 2.36 bits per heavy atom. The molecular formula is C9H9BrN2O2. The molecule has 0 spiro atoms. The second kappa shape index (κ2) is 3.68. The molecule has 0 aliphatic heterocycles. The van der Waals surface area contributed by atoms with Crippen molar-refractivity contribution in [2.45, 2.75) is 6.04 Å². The van der Waals surface area contributed by atoms with Gasteiger partial charge in [-0.2, -0.15) is 0 Å². The standard InChI is InChI=1S/C9H9BrN2O2/c10-5-1-2-6-8(3-5)12-14-9(6)7(11)4-13/h1-3,7,13H,4,11H2. The molecule has 0 fully saturated rings. The number of aliphatic hydroxyl groups is 1. The summed E-state index contributed by atoms with van der Waals surface area (Å²) >= 11 is 3.33. The van der Waals surface area contributed by atoms with Crippen molar-refractivity contribution in [2.24, 2.45) is 5.73 Å². The van der Waals surface area contributed by atoms with E-state index < -0.39 is 6.04 Å². The largest absolute Gasteiger partial charge is 0.394 e. The molecular weight excluding hydrogens is 248 g/mol. The van der Waals surface area contributed by atoms with Gasteiger partial charge in [0.25, 0.3) is 0 Å².